The second kappa shape index (κ2) is 6.30. The van der Waals surface area contributed by atoms with Crippen LogP contribution in [0.15, 0.2) is 52.2 Å². The van der Waals surface area contributed by atoms with Gasteiger partial charge in [-0.05, 0) is 37.3 Å². The normalized spacial score (nSPS) is 11.6. The van der Waals surface area contributed by atoms with Crippen LogP contribution in [-0.4, -0.2) is 17.9 Å². The first-order chi connectivity index (χ1) is 11.8. The highest BCUT2D eigenvalue weighted by atomic mass is 32.2. The minimum absolute atomic E-state index is 0.0856. The summed E-state index contributed by atoms with van der Waals surface area (Å²) in [6.45, 7) is 2.39. The number of nitrogens with zero attached hydrogens (tertiary/aromatic N) is 2. The Morgan fingerprint density at radius 2 is 1.88 bits per heavy atom. The lowest BCUT2D eigenvalue weighted by Crippen LogP contribution is -2.13. The van der Waals surface area contributed by atoms with Crippen LogP contribution in [0, 0.1) is 10.1 Å². The van der Waals surface area contributed by atoms with Gasteiger partial charge in [0.05, 0.1) is 25.7 Å². The number of anilines is 1. The molecule has 1 heterocycles. The fourth-order valence-corrected chi connectivity index (χ4v) is 4.43. The molecule has 0 aliphatic heterocycles. The minimum Gasteiger partial charge on any atom is -0.299 e. The molecule has 10 heteroatoms. The van der Waals surface area contributed by atoms with E-state index >= 15 is 0 Å². The maximum Gasteiger partial charge on any atom is 0.308 e. The maximum absolute atomic E-state index is 12.4. The molecule has 8 nitrogen and oxygen atoms in total. The van der Waals surface area contributed by atoms with Crippen molar-refractivity contribution in [3.05, 3.63) is 62.2 Å². The van der Waals surface area contributed by atoms with E-state index in [1.54, 1.807) is 22.8 Å². The zero-order valence-corrected chi connectivity index (χ0v) is 14.6. The van der Waals surface area contributed by atoms with Crippen LogP contribution >= 0.6 is 11.3 Å². The third-order valence-electron chi connectivity index (χ3n) is 3.59. The van der Waals surface area contributed by atoms with Gasteiger partial charge in [-0.3, -0.25) is 24.2 Å². The summed E-state index contributed by atoms with van der Waals surface area (Å²) in [7, 11) is -3.89. The number of hydrogen-bond donors (Lipinski definition) is 1. The SMILES string of the molecule is CCn1c(=O)sc2cc(NS(=O)(=O)c3ccc([N+](=O)[O-])cc3)ccc21. The van der Waals surface area contributed by atoms with E-state index < -0.39 is 14.9 Å². The highest BCUT2D eigenvalue weighted by Gasteiger charge is 2.17. The summed E-state index contributed by atoms with van der Waals surface area (Å²) in [5.74, 6) is 0. The van der Waals surface area contributed by atoms with E-state index in [0.29, 0.717) is 16.9 Å². The lowest BCUT2D eigenvalue weighted by Gasteiger charge is -2.08. The molecule has 2 aromatic carbocycles. The number of benzene rings is 2. The molecule has 0 bridgehead atoms. The summed E-state index contributed by atoms with van der Waals surface area (Å²) in [5, 5.41) is 10.6. The number of thiazole rings is 1. The Balaban J connectivity index is 1.93. The largest absolute Gasteiger partial charge is 0.308 e. The first-order valence-electron chi connectivity index (χ1n) is 7.22. The second-order valence-electron chi connectivity index (χ2n) is 5.15. The fourth-order valence-electron chi connectivity index (χ4n) is 2.39. The van der Waals surface area contributed by atoms with Gasteiger partial charge in [0.25, 0.3) is 15.7 Å². The van der Waals surface area contributed by atoms with Crippen molar-refractivity contribution in [2.75, 3.05) is 4.72 Å². The lowest BCUT2D eigenvalue weighted by molar-refractivity contribution is -0.384. The van der Waals surface area contributed by atoms with Gasteiger partial charge in [-0.25, -0.2) is 8.42 Å². The molecular formula is C15H13N3O5S2. The van der Waals surface area contributed by atoms with Crippen LogP contribution in [0.1, 0.15) is 6.92 Å². The fraction of sp³-hybridized carbons (Fsp3) is 0.133. The summed E-state index contributed by atoms with van der Waals surface area (Å²) in [5.41, 5.74) is 0.872. The number of rotatable bonds is 5. The quantitative estimate of drug-likeness (QED) is 0.541. The topological polar surface area (TPSA) is 111 Å². The van der Waals surface area contributed by atoms with Crippen LogP contribution in [0.25, 0.3) is 10.2 Å². The summed E-state index contributed by atoms with van der Waals surface area (Å²) in [6, 6.07) is 9.45. The predicted molar refractivity (Wildman–Crippen MR) is 95.7 cm³/mol. The van der Waals surface area contributed by atoms with Gasteiger partial charge >= 0.3 is 4.87 Å². The van der Waals surface area contributed by atoms with Gasteiger partial charge in [-0.1, -0.05) is 11.3 Å². The molecule has 0 fully saturated rings. The number of nitro benzene ring substituents is 1. The van der Waals surface area contributed by atoms with Crippen LogP contribution < -0.4 is 9.60 Å². The van der Waals surface area contributed by atoms with Crippen molar-refractivity contribution in [3.63, 3.8) is 0 Å². The standard InChI is InChI=1S/C15H13N3O5S2/c1-2-17-13-8-3-10(9-14(13)24-15(17)19)16-25(22,23)12-6-4-11(5-7-12)18(20)21/h3-9,16H,2H2,1H3. The molecule has 0 spiro atoms. The number of nitro groups is 1. The third kappa shape index (κ3) is 3.26. The van der Waals surface area contributed by atoms with Crippen LogP contribution in [0.3, 0.4) is 0 Å². The van der Waals surface area contributed by atoms with Gasteiger partial charge in [0.1, 0.15) is 0 Å². The van der Waals surface area contributed by atoms with Crippen molar-refractivity contribution in [2.24, 2.45) is 0 Å². The first kappa shape index (κ1) is 17.1. The van der Waals surface area contributed by atoms with Gasteiger partial charge in [-0.2, -0.15) is 0 Å². The van der Waals surface area contributed by atoms with Crippen molar-refractivity contribution >= 4 is 43.0 Å². The van der Waals surface area contributed by atoms with Crippen LogP contribution in [0.2, 0.25) is 0 Å². The van der Waals surface area contributed by atoms with Crippen molar-refractivity contribution in [1.82, 2.24) is 4.57 Å². The Labute approximate surface area is 146 Å². The molecule has 1 N–H and O–H groups in total. The molecule has 0 saturated carbocycles. The molecule has 130 valence electrons. The van der Waals surface area contributed by atoms with Crippen molar-refractivity contribution in [1.29, 1.82) is 0 Å². The molecular weight excluding hydrogens is 366 g/mol. The van der Waals surface area contributed by atoms with E-state index in [0.717, 1.165) is 29.0 Å². The molecule has 0 atom stereocenters. The molecule has 1 aromatic heterocycles. The molecule has 0 radical (unpaired) electrons. The zero-order chi connectivity index (χ0) is 18.2. The summed E-state index contributed by atoms with van der Waals surface area (Å²) < 4.78 is 29.5. The Kier molecular flexibility index (Phi) is 4.31. The molecule has 0 saturated heterocycles. The first-order valence-corrected chi connectivity index (χ1v) is 9.52. The van der Waals surface area contributed by atoms with E-state index in [1.165, 1.54) is 12.1 Å². The summed E-state index contributed by atoms with van der Waals surface area (Å²) in [6.07, 6.45) is 0. The van der Waals surface area contributed by atoms with Crippen molar-refractivity contribution in [3.8, 4) is 0 Å². The van der Waals surface area contributed by atoms with E-state index in [4.69, 9.17) is 0 Å². The number of sulfonamides is 1. The van der Waals surface area contributed by atoms with Crippen molar-refractivity contribution in [2.45, 2.75) is 18.4 Å². The van der Waals surface area contributed by atoms with E-state index in [9.17, 15) is 23.3 Å². The number of fused-ring (bicyclic) bond motifs is 1. The number of aromatic nitrogens is 1. The Bertz CT molecular complexity index is 1110. The lowest BCUT2D eigenvalue weighted by atomic mass is 10.3. The average Bonchev–Trinajstić information content (AvgIpc) is 2.88. The zero-order valence-electron chi connectivity index (χ0n) is 13.0. The van der Waals surface area contributed by atoms with E-state index in [2.05, 4.69) is 4.72 Å². The second-order valence-corrected chi connectivity index (χ2v) is 7.83. The molecule has 3 rings (SSSR count). The Morgan fingerprint density at radius 3 is 2.48 bits per heavy atom. The molecule has 0 aliphatic carbocycles. The minimum atomic E-state index is -3.89. The van der Waals surface area contributed by atoms with Gasteiger partial charge in [0, 0.05) is 18.7 Å². The van der Waals surface area contributed by atoms with Crippen molar-refractivity contribution < 1.29 is 13.3 Å². The average molecular weight is 379 g/mol. The molecule has 0 aliphatic rings. The molecule has 25 heavy (non-hydrogen) atoms. The van der Waals surface area contributed by atoms with E-state index in [1.807, 2.05) is 6.92 Å². The third-order valence-corrected chi connectivity index (χ3v) is 5.93. The summed E-state index contributed by atoms with van der Waals surface area (Å²) in [4.78, 5) is 21.7. The number of nitrogens with one attached hydrogen (secondary N) is 1. The molecule has 0 unspecified atom stereocenters. The Hall–Kier alpha value is -2.72. The van der Waals surface area contributed by atoms with Crippen LogP contribution in [-0.2, 0) is 16.6 Å². The maximum atomic E-state index is 12.4. The molecule has 3 aromatic rings. The monoisotopic (exact) mass is 379 g/mol. The van der Waals surface area contributed by atoms with E-state index in [-0.39, 0.29) is 15.5 Å². The number of aryl methyl sites for hydroxylation is 1. The van der Waals surface area contributed by atoms with Crippen LogP contribution in [0.4, 0.5) is 11.4 Å². The number of non-ortho nitro benzene ring substituents is 1. The smallest absolute Gasteiger partial charge is 0.299 e. The van der Waals surface area contributed by atoms with Crippen LogP contribution in [0.5, 0.6) is 0 Å². The van der Waals surface area contributed by atoms with Gasteiger partial charge in [0.2, 0.25) is 0 Å². The highest BCUT2D eigenvalue weighted by Crippen LogP contribution is 2.24. The Morgan fingerprint density at radius 1 is 1.20 bits per heavy atom. The highest BCUT2D eigenvalue weighted by molar-refractivity contribution is 7.92. The van der Waals surface area contributed by atoms with Gasteiger partial charge < -0.3 is 0 Å². The number of hydrogen-bond acceptors (Lipinski definition) is 6. The summed E-state index contributed by atoms with van der Waals surface area (Å²) >= 11 is 1.04. The van der Waals surface area contributed by atoms with Gasteiger partial charge in [0.15, 0.2) is 0 Å². The van der Waals surface area contributed by atoms with Gasteiger partial charge in [-0.15, -0.1) is 0 Å². The molecule has 0 amide bonds. The predicted octanol–water partition coefficient (Wildman–Crippen LogP) is 2.79.